The van der Waals surface area contributed by atoms with Gasteiger partial charge in [-0.25, -0.2) is 4.57 Å². The third kappa shape index (κ3) is 21.5. The molecular formula is C38H59N4O10S+. The van der Waals surface area contributed by atoms with Crippen LogP contribution in [-0.2, 0) is 56.2 Å². The van der Waals surface area contributed by atoms with Crippen molar-refractivity contribution in [2.75, 3.05) is 137 Å². The summed E-state index contributed by atoms with van der Waals surface area (Å²) < 4.78 is 51.5. The van der Waals surface area contributed by atoms with Crippen LogP contribution < -0.4 is 9.47 Å². The number of nitrogens with zero attached hydrogens (tertiary/aromatic N) is 4. The van der Waals surface area contributed by atoms with Gasteiger partial charge < -0.3 is 52.6 Å². The fourth-order valence-electron chi connectivity index (χ4n) is 4.67. The Kier molecular flexibility index (Phi) is 25.5. The smallest absolute Gasteiger partial charge is 0.394 e. The van der Waals surface area contributed by atoms with Crippen LogP contribution in [0.4, 0.5) is 16.5 Å². The highest BCUT2D eigenvalue weighted by atomic mass is 32.1. The van der Waals surface area contributed by atoms with Crippen molar-refractivity contribution in [2.45, 2.75) is 13.5 Å². The van der Waals surface area contributed by atoms with E-state index < -0.39 is 0 Å². The van der Waals surface area contributed by atoms with Gasteiger partial charge in [-0.05, 0) is 52.7 Å². The van der Waals surface area contributed by atoms with Crippen molar-refractivity contribution in [1.82, 2.24) is 0 Å². The largest absolute Gasteiger partial charge is 0.408 e. The van der Waals surface area contributed by atoms with E-state index in [0.717, 1.165) is 35.2 Å². The van der Waals surface area contributed by atoms with Crippen molar-refractivity contribution < 1.29 is 52.3 Å². The van der Waals surface area contributed by atoms with Crippen LogP contribution in [0.25, 0.3) is 0 Å². The zero-order chi connectivity index (χ0) is 37.4. The van der Waals surface area contributed by atoms with Gasteiger partial charge in [0.15, 0.2) is 0 Å². The van der Waals surface area contributed by atoms with Gasteiger partial charge in [0, 0.05) is 24.2 Å². The highest BCUT2D eigenvalue weighted by Gasteiger charge is 2.12. The lowest BCUT2D eigenvalue weighted by molar-refractivity contribution is -0.654. The summed E-state index contributed by atoms with van der Waals surface area (Å²) in [4.78, 5) is 2.32. The lowest BCUT2D eigenvalue weighted by Gasteiger charge is -2.25. The maximum Gasteiger partial charge on any atom is 0.408 e. The molecule has 0 unspecified atom stereocenters. The molecule has 53 heavy (non-hydrogen) atoms. The first kappa shape index (κ1) is 44.5. The van der Waals surface area contributed by atoms with E-state index in [9.17, 15) is 0 Å². The van der Waals surface area contributed by atoms with Crippen LogP contribution in [0.2, 0.25) is 0 Å². The number of rotatable bonds is 34. The van der Waals surface area contributed by atoms with Crippen molar-refractivity contribution in [3.8, 4) is 0 Å². The van der Waals surface area contributed by atoms with Crippen molar-refractivity contribution in [2.24, 2.45) is 17.3 Å². The molecular weight excluding hydrogens is 705 g/mol. The Morgan fingerprint density at radius 2 is 1.08 bits per heavy atom. The van der Waals surface area contributed by atoms with Crippen LogP contribution in [0, 0.1) is 6.92 Å². The number of aliphatic hydroxyl groups excluding tert-OH is 1. The van der Waals surface area contributed by atoms with Gasteiger partial charge in [0.25, 0.3) is 0 Å². The number of aliphatic hydroxyl groups is 1. The molecule has 1 heterocycles. The number of benzene rings is 2. The Hall–Kier alpha value is -2.93. The minimum Gasteiger partial charge on any atom is -0.394 e. The van der Waals surface area contributed by atoms with E-state index in [0.29, 0.717) is 119 Å². The molecule has 0 aliphatic rings. The van der Waals surface area contributed by atoms with E-state index in [2.05, 4.69) is 58.5 Å². The second-order valence-corrected chi connectivity index (χ2v) is 12.5. The van der Waals surface area contributed by atoms with Gasteiger partial charge in [-0.1, -0.05) is 30.3 Å². The minimum absolute atomic E-state index is 0.0235. The van der Waals surface area contributed by atoms with Gasteiger partial charge in [0.05, 0.1) is 138 Å². The molecule has 0 atom stereocenters. The molecule has 1 N–H and O–H groups in total. The number of aryl methyl sites for hydroxylation is 2. The molecule has 0 saturated heterocycles. The van der Waals surface area contributed by atoms with Crippen LogP contribution in [0.3, 0.4) is 0 Å². The first-order valence-corrected chi connectivity index (χ1v) is 19.1. The summed E-state index contributed by atoms with van der Waals surface area (Å²) in [5.41, 5.74) is 4.26. The fourth-order valence-corrected chi connectivity index (χ4v) is 5.35. The predicted molar refractivity (Wildman–Crippen MR) is 203 cm³/mol. The highest BCUT2D eigenvalue weighted by molar-refractivity contribution is 7.12. The standard InChI is InChI=1S/C38H59N4O10S/c1-34-32-36(8-9-37(34)39-40-38-41(2)11-31-53-38)42(33-35-6-4-3-5-7-35)10-13-44-15-17-46-19-21-48-23-25-50-27-29-52-30-28-51-26-24-49-22-20-47-18-16-45-14-12-43/h3-9,11,31-32,43H,10,12-30,33H2,1-2H3/q+1. The summed E-state index contributed by atoms with van der Waals surface area (Å²) in [6.07, 6.45) is 1.97. The predicted octanol–water partition coefficient (Wildman–Crippen LogP) is 4.44. The number of hydrogen-bond acceptors (Lipinski definition) is 14. The monoisotopic (exact) mass is 763 g/mol. The molecule has 0 aliphatic carbocycles. The molecule has 0 fully saturated rings. The number of aromatic nitrogens is 1. The average molecular weight is 764 g/mol. The van der Waals surface area contributed by atoms with Crippen molar-refractivity contribution in [3.05, 3.63) is 71.2 Å². The Bertz CT molecular complexity index is 1340. The van der Waals surface area contributed by atoms with Gasteiger partial charge >= 0.3 is 5.13 Å². The second kappa shape index (κ2) is 30.4. The topological polar surface area (TPSA) is 135 Å². The Labute approximate surface area is 318 Å². The zero-order valence-electron chi connectivity index (χ0n) is 31.4. The summed E-state index contributed by atoms with van der Waals surface area (Å²) in [6.45, 7) is 12.5. The third-order valence-corrected chi connectivity index (χ3v) is 8.32. The van der Waals surface area contributed by atoms with Crippen LogP contribution >= 0.6 is 11.3 Å². The molecule has 14 nitrogen and oxygen atoms in total. The molecule has 2 aromatic carbocycles. The Balaban J connectivity index is 1.13. The van der Waals surface area contributed by atoms with E-state index in [4.69, 9.17) is 47.7 Å². The van der Waals surface area contributed by atoms with Crippen LogP contribution in [-0.4, -0.2) is 137 Å². The summed E-state index contributed by atoms with van der Waals surface area (Å²) in [5, 5.41) is 20.4. The number of thiazole rings is 1. The molecule has 1 aromatic heterocycles. The van der Waals surface area contributed by atoms with E-state index in [1.807, 2.05) is 35.3 Å². The van der Waals surface area contributed by atoms with E-state index in [1.54, 1.807) is 11.3 Å². The number of hydrogen-bond donors (Lipinski definition) is 1. The van der Waals surface area contributed by atoms with Gasteiger partial charge in [0.2, 0.25) is 0 Å². The highest BCUT2D eigenvalue weighted by Crippen LogP contribution is 2.27. The number of ether oxygens (including phenoxy) is 9. The third-order valence-electron chi connectivity index (χ3n) is 7.48. The summed E-state index contributed by atoms with van der Waals surface area (Å²) in [7, 11) is 1.96. The van der Waals surface area contributed by atoms with Crippen molar-refractivity contribution >= 4 is 27.8 Å². The van der Waals surface area contributed by atoms with Gasteiger partial charge in [0.1, 0.15) is 11.9 Å². The number of anilines is 1. The van der Waals surface area contributed by atoms with Crippen molar-refractivity contribution in [3.63, 3.8) is 0 Å². The summed E-state index contributed by atoms with van der Waals surface area (Å²) in [6, 6.07) is 16.7. The second-order valence-electron chi connectivity index (χ2n) is 11.6. The SMILES string of the molecule is Cc1cc(N(CCOCCOCCOCCOCCOCCOCCOCCOCCOCCO)Cc2ccccc2)ccc1N=Nc1scc[n+]1C. The van der Waals surface area contributed by atoms with Crippen LogP contribution in [0.1, 0.15) is 11.1 Å². The van der Waals surface area contributed by atoms with Crippen LogP contribution in [0.15, 0.2) is 70.3 Å². The number of azo groups is 1. The zero-order valence-corrected chi connectivity index (χ0v) is 32.3. The lowest BCUT2D eigenvalue weighted by atomic mass is 10.1. The maximum atomic E-state index is 8.61. The van der Waals surface area contributed by atoms with Gasteiger partial charge in [-0.15, -0.1) is 0 Å². The first-order valence-electron chi connectivity index (χ1n) is 18.2. The molecule has 0 spiro atoms. The minimum atomic E-state index is 0.0235. The quantitative estimate of drug-likeness (QED) is 0.0526. The average Bonchev–Trinajstić information content (AvgIpc) is 3.59. The molecule has 0 aliphatic heterocycles. The maximum absolute atomic E-state index is 8.61. The van der Waals surface area contributed by atoms with Crippen molar-refractivity contribution in [1.29, 1.82) is 0 Å². The van der Waals surface area contributed by atoms with E-state index in [1.165, 1.54) is 5.56 Å². The van der Waals surface area contributed by atoms with Crippen LogP contribution in [0.5, 0.6) is 0 Å². The first-order chi connectivity index (χ1) is 26.2. The molecule has 0 amide bonds. The molecule has 0 saturated carbocycles. The molecule has 296 valence electrons. The molecule has 3 aromatic rings. The Morgan fingerprint density at radius 1 is 0.604 bits per heavy atom. The normalized spacial score (nSPS) is 11.6. The molecule has 15 heteroatoms. The summed E-state index contributed by atoms with van der Waals surface area (Å²) in [5.74, 6) is 0. The Morgan fingerprint density at radius 3 is 1.51 bits per heavy atom. The van der Waals surface area contributed by atoms with Gasteiger partial charge in [-0.2, -0.15) is 0 Å². The molecule has 0 bridgehead atoms. The van der Waals surface area contributed by atoms with E-state index >= 15 is 0 Å². The van der Waals surface area contributed by atoms with E-state index in [-0.39, 0.29) is 6.61 Å². The molecule has 3 rings (SSSR count). The molecule has 0 radical (unpaired) electrons. The summed E-state index contributed by atoms with van der Waals surface area (Å²) >= 11 is 1.56. The lowest BCUT2D eigenvalue weighted by Crippen LogP contribution is -2.27. The fraction of sp³-hybridized carbons (Fsp3) is 0.605. The van der Waals surface area contributed by atoms with Gasteiger partial charge in [-0.3, -0.25) is 0 Å².